The molecule has 2 amide bonds. The molecule has 2 N–H and O–H groups in total. The number of carbonyl (C=O) groups is 1. The third-order valence-corrected chi connectivity index (χ3v) is 8.20. The monoisotopic (exact) mass is 507 g/mol. The van der Waals surface area contributed by atoms with Crippen molar-refractivity contribution < 1.29 is 27.4 Å². The molecule has 192 valence electrons. The molecule has 1 aliphatic heterocycles. The van der Waals surface area contributed by atoms with E-state index in [4.69, 9.17) is 4.74 Å². The maximum absolute atomic E-state index is 14.5. The van der Waals surface area contributed by atoms with Crippen LogP contribution in [0.5, 0.6) is 5.75 Å². The summed E-state index contributed by atoms with van der Waals surface area (Å²) >= 11 is 0. The van der Waals surface area contributed by atoms with E-state index in [1.165, 1.54) is 27.4 Å². The largest absolute Gasteiger partial charge is 0.487 e. The second-order valence-corrected chi connectivity index (χ2v) is 10.9. The van der Waals surface area contributed by atoms with Gasteiger partial charge in [0.05, 0.1) is 13.2 Å². The van der Waals surface area contributed by atoms with Crippen molar-refractivity contribution in [1.82, 2.24) is 14.5 Å². The second-order valence-electron chi connectivity index (χ2n) is 8.99. The van der Waals surface area contributed by atoms with Gasteiger partial charge in [0.1, 0.15) is 22.6 Å². The molecule has 0 bridgehead atoms. The van der Waals surface area contributed by atoms with Crippen LogP contribution in [0.25, 0.3) is 11.1 Å². The highest BCUT2D eigenvalue weighted by molar-refractivity contribution is 7.89. The maximum Gasteiger partial charge on any atom is 0.317 e. The molecule has 35 heavy (non-hydrogen) atoms. The third kappa shape index (κ3) is 5.94. The fraction of sp³-hybridized carbons (Fsp3) is 0.480. The summed E-state index contributed by atoms with van der Waals surface area (Å²) in [5.74, 6) is -0.667. The molecule has 0 aromatic heterocycles. The number of ether oxygens (including phenoxy) is 1. The van der Waals surface area contributed by atoms with Gasteiger partial charge in [0.2, 0.25) is 10.0 Å². The van der Waals surface area contributed by atoms with E-state index in [9.17, 15) is 22.7 Å². The van der Waals surface area contributed by atoms with E-state index in [1.54, 1.807) is 38.2 Å². The average Bonchev–Trinajstić information content (AvgIpc) is 2.84. The van der Waals surface area contributed by atoms with E-state index in [0.717, 1.165) is 6.42 Å². The number of nitrogens with zero attached hydrogens (tertiary/aromatic N) is 2. The summed E-state index contributed by atoms with van der Waals surface area (Å²) < 4.78 is 49.2. The minimum absolute atomic E-state index is 0.0622. The van der Waals surface area contributed by atoms with Gasteiger partial charge in [0.15, 0.2) is 0 Å². The van der Waals surface area contributed by atoms with E-state index < -0.39 is 28.0 Å². The number of halogens is 1. The molecule has 8 nitrogen and oxygen atoms in total. The Morgan fingerprint density at radius 3 is 2.69 bits per heavy atom. The lowest BCUT2D eigenvalue weighted by molar-refractivity contribution is 0.0813. The van der Waals surface area contributed by atoms with Crippen molar-refractivity contribution >= 4 is 16.1 Å². The maximum atomic E-state index is 14.5. The smallest absolute Gasteiger partial charge is 0.317 e. The van der Waals surface area contributed by atoms with E-state index in [0.29, 0.717) is 17.7 Å². The van der Waals surface area contributed by atoms with Gasteiger partial charge in [-0.25, -0.2) is 17.6 Å². The summed E-state index contributed by atoms with van der Waals surface area (Å²) in [5, 5.41) is 12.6. The fourth-order valence-corrected chi connectivity index (χ4v) is 5.85. The van der Waals surface area contributed by atoms with E-state index >= 15 is 0 Å². The van der Waals surface area contributed by atoms with Crippen molar-refractivity contribution in [2.75, 3.05) is 33.3 Å². The highest BCUT2D eigenvalue weighted by Gasteiger charge is 2.38. The number of aliphatic hydroxyl groups excluding tert-OH is 1. The second kappa shape index (κ2) is 11.4. The Balaban J connectivity index is 2.07. The Bertz CT molecular complexity index is 1140. The summed E-state index contributed by atoms with van der Waals surface area (Å²) in [4.78, 5) is 13.9. The number of nitrogens with one attached hydrogen (secondary N) is 1. The van der Waals surface area contributed by atoms with Gasteiger partial charge < -0.3 is 20.1 Å². The van der Waals surface area contributed by atoms with Crippen LogP contribution in [-0.2, 0) is 10.0 Å². The SMILES string of the molecule is CCCNC(=O)N(C)C[C@@H]1Oc2cc(-c3ccccc3F)ccc2S(=O)(=O)N([C@H](C)CO)C[C@H]1C. The Labute approximate surface area is 206 Å². The van der Waals surface area contributed by atoms with Gasteiger partial charge in [0, 0.05) is 37.7 Å². The van der Waals surface area contributed by atoms with E-state index in [2.05, 4.69) is 5.32 Å². The van der Waals surface area contributed by atoms with Crippen molar-refractivity contribution in [3.05, 3.63) is 48.3 Å². The zero-order chi connectivity index (χ0) is 25.8. The van der Waals surface area contributed by atoms with Crippen molar-refractivity contribution in [1.29, 1.82) is 0 Å². The summed E-state index contributed by atoms with van der Waals surface area (Å²) in [6.45, 7) is 5.95. The molecule has 2 aromatic rings. The molecular weight excluding hydrogens is 473 g/mol. The van der Waals surface area contributed by atoms with Gasteiger partial charge in [-0.2, -0.15) is 4.31 Å². The van der Waals surface area contributed by atoms with Crippen LogP contribution >= 0.6 is 0 Å². The Morgan fingerprint density at radius 1 is 1.31 bits per heavy atom. The number of urea groups is 1. The lowest BCUT2D eigenvalue weighted by atomic mass is 10.0. The van der Waals surface area contributed by atoms with Gasteiger partial charge in [-0.1, -0.05) is 38.1 Å². The van der Waals surface area contributed by atoms with Crippen molar-refractivity contribution in [3.8, 4) is 16.9 Å². The molecule has 1 aliphatic rings. The van der Waals surface area contributed by atoms with Crippen LogP contribution in [0, 0.1) is 11.7 Å². The lowest BCUT2D eigenvalue weighted by Gasteiger charge is -2.37. The molecule has 0 aliphatic carbocycles. The zero-order valence-electron chi connectivity index (χ0n) is 20.6. The van der Waals surface area contributed by atoms with Crippen LogP contribution in [0.2, 0.25) is 0 Å². The molecule has 0 unspecified atom stereocenters. The predicted molar refractivity (Wildman–Crippen MR) is 132 cm³/mol. The van der Waals surface area contributed by atoms with Crippen LogP contribution in [0.1, 0.15) is 27.2 Å². The summed E-state index contributed by atoms with van der Waals surface area (Å²) in [7, 11) is -2.36. The molecule has 3 rings (SSSR count). The minimum Gasteiger partial charge on any atom is -0.487 e. The lowest BCUT2D eigenvalue weighted by Crippen LogP contribution is -2.51. The third-order valence-electron chi connectivity index (χ3n) is 6.18. The van der Waals surface area contributed by atoms with Crippen LogP contribution in [0.4, 0.5) is 9.18 Å². The number of hydrogen-bond donors (Lipinski definition) is 2. The van der Waals surface area contributed by atoms with Gasteiger partial charge in [-0.05, 0) is 37.1 Å². The molecule has 0 fully saturated rings. The molecule has 0 spiro atoms. The topological polar surface area (TPSA) is 99.2 Å². The molecule has 1 heterocycles. The highest BCUT2D eigenvalue weighted by atomic mass is 32.2. The number of hydrogen-bond acceptors (Lipinski definition) is 5. The number of amides is 2. The Kier molecular flexibility index (Phi) is 8.74. The van der Waals surface area contributed by atoms with E-state index in [1.807, 2.05) is 13.8 Å². The van der Waals surface area contributed by atoms with Crippen molar-refractivity contribution in [3.63, 3.8) is 0 Å². The number of rotatable bonds is 7. The highest BCUT2D eigenvalue weighted by Crippen LogP contribution is 2.37. The number of fused-ring (bicyclic) bond motifs is 1. The van der Waals surface area contributed by atoms with Crippen molar-refractivity contribution in [2.45, 2.75) is 44.2 Å². The van der Waals surface area contributed by atoms with Crippen molar-refractivity contribution in [2.24, 2.45) is 5.92 Å². The first-order valence-corrected chi connectivity index (χ1v) is 13.2. The van der Waals surface area contributed by atoms with E-state index in [-0.39, 0.29) is 42.3 Å². The Morgan fingerprint density at radius 2 is 2.03 bits per heavy atom. The number of sulfonamides is 1. The zero-order valence-corrected chi connectivity index (χ0v) is 21.4. The van der Waals surface area contributed by atoms with Gasteiger partial charge >= 0.3 is 6.03 Å². The molecule has 2 aromatic carbocycles. The summed E-state index contributed by atoms with van der Waals surface area (Å²) in [5.41, 5.74) is 0.791. The normalized spacial score (nSPS) is 20.6. The summed E-state index contributed by atoms with van der Waals surface area (Å²) in [6.07, 6.45) is 0.249. The first kappa shape index (κ1) is 26.9. The number of benzene rings is 2. The quantitative estimate of drug-likeness (QED) is 0.599. The molecule has 10 heteroatoms. The van der Waals surface area contributed by atoms with Gasteiger partial charge in [-0.15, -0.1) is 0 Å². The fourth-order valence-electron chi connectivity index (χ4n) is 4.03. The summed E-state index contributed by atoms with van der Waals surface area (Å²) in [6, 6.07) is 9.80. The standard InChI is InChI=1S/C25H34FN3O5S/c1-5-12-27-25(31)28(4)15-23-17(2)14-29(18(3)16-30)35(32,33)24-11-10-19(13-22(24)34-23)20-8-6-7-9-21(20)26/h6-11,13,17-18,23,30H,5,12,14-16H2,1-4H3,(H,27,31)/t17-,18-,23+/m1/s1. The molecule has 0 saturated carbocycles. The minimum atomic E-state index is -4.01. The molecular formula is C25H34FN3O5S. The first-order chi connectivity index (χ1) is 16.6. The van der Waals surface area contributed by atoms with Crippen LogP contribution < -0.4 is 10.1 Å². The van der Waals surface area contributed by atoms with Crippen LogP contribution in [0.3, 0.4) is 0 Å². The van der Waals surface area contributed by atoms with Gasteiger partial charge in [0.25, 0.3) is 0 Å². The van der Waals surface area contributed by atoms with Gasteiger partial charge in [-0.3, -0.25) is 0 Å². The number of aliphatic hydroxyl groups is 1. The van der Waals surface area contributed by atoms with Crippen LogP contribution in [0.15, 0.2) is 47.4 Å². The predicted octanol–water partition coefficient (Wildman–Crippen LogP) is 3.31. The Hall–Kier alpha value is -2.69. The number of carbonyl (C=O) groups excluding carboxylic acids is 1. The first-order valence-electron chi connectivity index (χ1n) is 11.8. The molecule has 0 radical (unpaired) electrons. The number of likely N-dealkylation sites (N-methyl/N-ethyl adjacent to an activating group) is 1. The average molecular weight is 508 g/mol. The van der Waals surface area contributed by atoms with Crippen LogP contribution in [-0.4, -0.2) is 74.2 Å². The molecule has 3 atom stereocenters. The molecule has 0 saturated heterocycles.